The quantitative estimate of drug-likeness (QED) is 0.930. The number of hydrogen-bond donors (Lipinski definition) is 1. The second kappa shape index (κ2) is 5.78. The summed E-state index contributed by atoms with van der Waals surface area (Å²) in [5.41, 5.74) is 0.534. The Morgan fingerprint density at radius 1 is 1.44 bits per heavy atom. The lowest BCUT2D eigenvalue weighted by Gasteiger charge is -2.12. The molecular weight excluding hydrogens is 277 g/mol. The van der Waals surface area contributed by atoms with E-state index in [4.69, 9.17) is 32.7 Å². The van der Waals surface area contributed by atoms with Crippen molar-refractivity contribution in [1.82, 2.24) is 0 Å². The van der Waals surface area contributed by atoms with E-state index in [1.54, 1.807) is 12.1 Å². The molecule has 0 spiro atoms. The highest BCUT2D eigenvalue weighted by Gasteiger charge is 2.23. The number of benzene rings is 1. The predicted molar refractivity (Wildman–Crippen MR) is 70.6 cm³/mol. The summed E-state index contributed by atoms with van der Waals surface area (Å²) in [6, 6.07) is 3.19. The number of rotatable bonds is 3. The zero-order chi connectivity index (χ0) is 13.1. The van der Waals surface area contributed by atoms with Crippen LogP contribution in [0, 0.1) is 0 Å². The van der Waals surface area contributed by atoms with E-state index in [-0.39, 0.29) is 12.0 Å². The van der Waals surface area contributed by atoms with Crippen molar-refractivity contribution in [3.8, 4) is 5.75 Å². The van der Waals surface area contributed by atoms with Crippen molar-refractivity contribution < 1.29 is 14.3 Å². The topological polar surface area (TPSA) is 47.6 Å². The maximum Gasteiger partial charge on any atom is 0.253 e. The highest BCUT2D eigenvalue weighted by molar-refractivity contribution is 6.37. The van der Waals surface area contributed by atoms with Crippen LogP contribution < -0.4 is 10.1 Å². The summed E-state index contributed by atoms with van der Waals surface area (Å²) in [5, 5.41) is 3.44. The van der Waals surface area contributed by atoms with E-state index in [1.807, 2.05) is 0 Å². The summed E-state index contributed by atoms with van der Waals surface area (Å²) in [5.74, 6) is 0.221. The first-order valence-electron chi connectivity index (χ1n) is 5.57. The summed E-state index contributed by atoms with van der Waals surface area (Å²) >= 11 is 12.0. The summed E-state index contributed by atoms with van der Waals surface area (Å²) in [4.78, 5) is 11.8. The Labute approximate surface area is 115 Å². The van der Waals surface area contributed by atoms with Gasteiger partial charge in [-0.25, -0.2) is 0 Å². The van der Waals surface area contributed by atoms with Gasteiger partial charge in [0.15, 0.2) is 5.75 Å². The third-order valence-corrected chi connectivity index (χ3v) is 3.25. The van der Waals surface area contributed by atoms with Crippen LogP contribution in [0.1, 0.15) is 12.8 Å². The third-order valence-electron chi connectivity index (χ3n) is 2.69. The predicted octanol–water partition coefficient (Wildman–Crippen LogP) is 3.12. The second-order valence-electron chi connectivity index (χ2n) is 3.96. The lowest BCUT2D eigenvalue weighted by molar-refractivity contribution is -0.124. The number of hydrogen-bond acceptors (Lipinski definition) is 3. The molecule has 1 fully saturated rings. The number of carbonyl (C=O) groups excluding carboxylic acids is 1. The van der Waals surface area contributed by atoms with E-state index < -0.39 is 0 Å². The van der Waals surface area contributed by atoms with Crippen molar-refractivity contribution in [2.45, 2.75) is 18.9 Å². The van der Waals surface area contributed by atoms with Gasteiger partial charge < -0.3 is 14.8 Å². The largest absolute Gasteiger partial charge is 0.494 e. The number of ether oxygens (including phenoxy) is 2. The van der Waals surface area contributed by atoms with Gasteiger partial charge in [0.25, 0.3) is 5.91 Å². The number of halogens is 2. The minimum Gasteiger partial charge on any atom is -0.494 e. The second-order valence-corrected chi connectivity index (χ2v) is 4.78. The average molecular weight is 290 g/mol. The molecule has 1 N–H and O–H groups in total. The van der Waals surface area contributed by atoms with Gasteiger partial charge >= 0.3 is 0 Å². The number of anilines is 1. The minimum absolute atomic E-state index is 0.176. The molecule has 6 heteroatoms. The average Bonchev–Trinajstić information content (AvgIpc) is 2.81. The van der Waals surface area contributed by atoms with Crippen molar-refractivity contribution in [3.05, 3.63) is 22.2 Å². The summed E-state index contributed by atoms with van der Waals surface area (Å²) in [7, 11) is 1.48. The molecule has 2 rings (SSSR count). The molecule has 0 aliphatic carbocycles. The Kier molecular flexibility index (Phi) is 4.32. The van der Waals surface area contributed by atoms with Crippen molar-refractivity contribution in [3.63, 3.8) is 0 Å². The fourth-order valence-corrected chi connectivity index (χ4v) is 2.48. The molecule has 1 aliphatic rings. The van der Waals surface area contributed by atoms with Crippen LogP contribution in [0.5, 0.6) is 5.75 Å². The molecule has 18 heavy (non-hydrogen) atoms. The molecule has 0 aromatic heterocycles. The molecule has 1 saturated heterocycles. The van der Waals surface area contributed by atoms with Crippen LogP contribution in [0.15, 0.2) is 12.1 Å². The van der Waals surface area contributed by atoms with Crippen molar-refractivity contribution in [1.29, 1.82) is 0 Å². The molecule has 1 atom stereocenters. The Bertz CT molecular complexity index is 436. The molecule has 1 unspecified atom stereocenters. The fraction of sp³-hybridized carbons (Fsp3) is 0.417. The number of carbonyl (C=O) groups is 1. The van der Waals surface area contributed by atoms with Crippen molar-refractivity contribution >= 4 is 34.8 Å². The molecular formula is C12H13Cl2NO3. The molecule has 1 heterocycles. The first kappa shape index (κ1) is 13.5. The number of methoxy groups -OCH3 is 1. The van der Waals surface area contributed by atoms with Crippen molar-refractivity contribution in [2.75, 3.05) is 19.0 Å². The van der Waals surface area contributed by atoms with Crippen LogP contribution in [0.3, 0.4) is 0 Å². The van der Waals surface area contributed by atoms with Gasteiger partial charge in [-0.1, -0.05) is 23.2 Å². The molecule has 1 aromatic carbocycles. The molecule has 0 bridgehead atoms. The summed E-state index contributed by atoms with van der Waals surface area (Å²) in [6.07, 6.45) is 1.26. The molecule has 4 nitrogen and oxygen atoms in total. The van der Waals surface area contributed by atoms with Crippen LogP contribution in [0.4, 0.5) is 5.69 Å². The molecule has 0 saturated carbocycles. The zero-order valence-electron chi connectivity index (χ0n) is 9.83. The lowest BCUT2D eigenvalue weighted by Crippen LogP contribution is -2.26. The van der Waals surface area contributed by atoms with Gasteiger partial charge in [0.2, 0.25) is 0 Å². The van der Waals surface area contributed by atoms with Gasteiger partial charge in [-0.15, -0.1) is 0 Å². The first-order chi connectivity index (χ1) is 8.61. The number of amides is 1. The lowest BCUT2D eigenvalue weighted by atomic mass is 10.2. The zero-order valence-corrected chi connectivity index (χ0v) is 11.3. The van der Waals surface area contributed by atoms with E-state index in [9.17, 15) is 4.79 Å². The molecule has 1 amide bonds. The fourth-order valence-electron chi connectivity index (χ4n) is 1.83. The maximum absolute atomic E-state index is 11.8. The molecule has 98 valence electrons. The summed E-state index contributed by atoms with van der Waals surface area (Å²) in [6.45, 7) is 0.627. The molecule has 1 aromatic rings. The van der Waals surface area contributed by atoms with E-state index >= 15 is 0 Å². The van der Waals surface area contributed by atoms with Gasteiger partial charge in [-0.3, -0.25) is 4.79 Å². The Morgan fingerprint density at radius 2 is 2.11 bits per heavy atom. The van der Waals surface area contributed by atoms with E-state index in [1.165, 1.54) is 7.11 Å². The number of nitrogens with one attached hydrogen (secondary N) is 1. The van der Waals surface area contributed by atoms with E-state index in [0.717, 1.165) is 12.8 Å². The van der Waals surface area contributed by atoms with Gasteiger partial charge in [-0.2, -0.15) is 0 Å². The standard InChI is InChI=1S/C12H13Cl2NO3/c1-17-11-8(13)5-7(6-9(11)14)15-12(16)10-3-2-4-18-10/h5-6,10H,2-4H2,1H3,(H,15,16). The van der Waals surface area contributed by atoms with E-state index in [0.29, 0.717) is 28.1 Å². The van der Waals surface area contributed by atoms with Gasteiger partial charge in [0.05, 0.1) is 17.2 Å². The monoisotopic (exact) mass is 289 g/mol. The van der Waals surface area contributed by atoms with Gasteiger partial charge in [0.1, 0.15) is 6.10 Å². The van der Waals surface area contributed by atoms with Crippen LogP contribution >= 0.6 is 23.2 Å². The van der Waals surface area contributed by atoms with Crippen LogP contribution in [0.25, 0.3) is 0 Å². The maximum atomic E-state index is 11.8. The third kappa shape index (κ3) is 2.88. The van der Waals surface area contributed by atoms with Gasteiger partial charge in [-0.05, 0) is 25.0 Å². The Morgan fingerprint density at radius 3 is 2.61 bits per heavy atom. The smallest absolute Gasteiger partial charge is 0.253 e. The highest BCUT2D eigenvalue weighted by atomic mass is 35.5. The SMILES string of the molecule is COc1c(Cl)cc(NC(=O)C2CCCO2)cc1Cl. The summed E-state index contributed by atoms with van der Waals surface area (Å²) < 4.78 is 10.3. The normalized spacial score (nSPS) is 18.7. The van der Waals surface area contributed by atoms with Gasteiger partial charge in [0, 0.05) is 12.3 Å². The van der Waals surface area contributed by atoms with Crippen molar-refractivity contribution in [2.24, 2.45) is 0 Å². The van der Waals surface area contributed by atoms with Crippen LogP contribution in [0.2, 0.25) is 10.0 Å². The highest BCUT2D eigenvalue weighted by Crippen LogP contribution is 2.35. The minimum atomic E-state index is -0.385. The Hall–Kier alpha value is -0.970. The molecule has 1 aliphatic heterocycles. The molecule has 0 radical (unpaired) electrons. The van der Waals surface area contributed by atoms with Crippen LogP contribution in [-0.4, -0.2) is 25.7 Å². The van der Waals surface area contributed by atoms with Crippen LogP contribution in [-0.2, 0) is 9.53 Å². The Balaban J connectivity index is 2.12. The first-order valence-corrected chi connectivity index (χ1v) is 6.33. The van der Waals surface area contributed by atoms with E-state index in [2.05, 4.69) is 5.32 Å².